The van der Waals surface area contributed by atoms with Gasteiger partial charge in [0.1, 0.15) is 5.75 Å². The van der Waals surface area contributed by atoms with Crippen LogP contribution < -0.4 is 15.4 Å². The van der Waals surface area contributed by atoms with Gasteiger partial charge in [0.15, 0.2) is 5.11 Å². The van der Waals surface area contributed by atoms with Gasteiger partial charge in [-0.25, -0.2) is 0 Å². The van der Waals surface area contributed by atoms with Crippen LogP contribution in [0.15, 0.2) is 24.3 Å². The zero-order valence-corrected chi connectivity index (χ0v) is 14.0. The molecule has 2 rings (SSSR count). The van der Waals surface area contributed by atoms with Gasteiger partial charge in [-0.05, 0) is 61.7 Å². The average Bonchev–Trinajstić information content (AvgIpc) is 2.46. The van der Waals surface area contributed by atoms with Crippen molar-refractivity contribution in [1.29, 1.82) is 0 Å². The van der Waals surface area contributed by atoms with Crippen LogP contribution in [0.3, 0.4) is 0 Å². The molecule has 1 aromatic rings. The summed E-state index contributed by atoms with van der Waals surface area (Å²) in [6.45, 7) is 7.32. The van der Waals surface area contributed by atoms with Crippen molar-refractivity contribution in [2.24, 2.45) is 11.8 Å². The lowest BCUT2D eigenvalue weighted by Gasteiger charge is -2.35. The number of hydrogen-bond donors (Lipinski definition) is 2. The molecule has 4 heteroatoms. The van der Waals surface area contributed by atoms with Gasteiger partial charge in [0.25, 0.3) is 0 Å². The van der Waals surface area contributed by atoms with Gasteiger partial charge in [0, 0.05) is 11.7 Å². The van der Waals surface area contributed by atoms with Gasteiger partial charge in [0.2, 0.25) is 0 Å². The molecule has 0 radical (unpaired) electrons. The molecule has 1 aromatic carbocycles. The summed E-state index contributed by atoms with van der Waals surface area (Å²) in [5.74, 6) is 2.32. The van der Waals surface area contributed by atoms with Gasteiger partial charge in [-0.15, -0.1) is 0 Å². The monoisotopic (exact) mass is 306 g/mol. The van der Waals surface area contributed by atoms with Crippen LogP contribution in [-0.2, 0) is 0 Å². The number of benzene rings is 1. The Balaban J connectivity index is 1.86. The first kappa shape index (κ1) is 16.1. The van der Waals surface area contributed by atoms with Crippen molar-refractivity contribution in [1.82, 2.24) is 5.32 Å². The summed E-state index contributed by atoms with van der Waals surface area (Å²) in [5, 5.41) is 7.45. The topological polar surface area (TPSA) is 33.3 Å². The smallest absolute Gasteiger partial charge is 0.171 e. The predicted molar refractivity (Wildman–Crippen MR) is 92.9 cm³/mol. The van der Waals surface area contributed by atoms with Crippen molar-refractivity contribution in [3.8, 4) is 5.75 Å². The van der Waals surface area contributed by atoms with Crippen molar-refractivity contribution in [3.05, 3.63) is 24.3 Å². The SMILES string of the molecule is CCOc1ccc(NC(=S)N[C@@H]2CCC[C@H](C)[C@@H]2C)cc1. The highest BCUT2D eigenvalue weighted by atomic mass is 32.1. The van der Waals surface area contributed by atoms with Gasteiger partial charge in [0.05, 0.1) is 6.61 Å². The largest absolute Gasteiger partial charge is 0.494 e. The second-order valence-corrected chi connectivity index (χ2v) is 6.34. The summed E-state index contributed by atoms with van der Waals surface area (Å²) in [4.78, 5) is 0. The zero-order chi connectivity index (χ0) is 15.2. The molecule has 0 bridgehead atoms. The maximum atomic E-state index is 5.44. The number of hydrogen-bond acceptors (Lipinski definition) is 2. The number of rotatable bonds is 4. The summed E-state index contributed by atoms with van der Waals surface area (Å²) < 4.78 is 5.44. The molecule has 2 N–H and O–H groups in total. The van der Waals surface area contributed by atoms with Gasteiger partial charge >= 0.3 is 0 Å². The Bertz CT molecular complexity index is 460. The summed E-state index contributed by atoms with van der Waals surface area (Å²) in [5.41, 5.74) is 0.993. The van der Waals surface area contributed by atoms with Crippen molar-refractivity contribution >= 4 is 23.0 Å². The van der Waals surface area contributed by atoms with Crippen molar-refractivity contribution < 1.29 is 4.74 Å². The highest BCUT2D eigenvalue weighted by Crippen LogP contribution is 2.29. The van der Waals surface area contributed by atoms with Crippen LogP contribution in [-0.4, -0.2) is 17.8 Å². The third-order valence-electron chi connectivity index (χ3n) is 4.45. The third-order valence-corrected chi connectivity index (χ3v) is 4.67. The molecular formula is C17H26N2OS. The molecule has 0 aliphatic heterocycles. The molecule has 1 saturated carbocycles. The van der Waals surface area contributed by atoms with E-state index in [0.29, 0.717) is 23.7 Å². The first-order valence-corrected chi connectivity index (χ1v) is 8.31. The van der Waals surface area contributed by atoms with Gasteiger partial charge in [-0.2, -0.15) is 0 Å². The minimum absolute atomic E-state index is 0.483. The Labute approximate surface area is 133 Å². The summed E-state index contributed by atoms with van der Waals surface area (Å²) in [6.07, 6.45) is 3.82. The number of nitrogens with one attached hydrogen (secondary N) is 2. The van der Waals surface area contributed by atoms with E-state index in [0.717, 1.165) is 17.4 Å². The van der Waals surface area contributed by atoms with E-state index >= 15 is 0 Å². The van der Waals surface area contributed by atoms with Crippen molar-refractivity contribution in [2.45, 2.75) is 46.1 Å². The minimum Gasteiger partial charge on any atom is -0.494 e. The molecule has 1 aliphatic carbocycles. The van der Waals surface area contributed by atoms with Crippen LogP contribution in [0.5, 0.6) is 5.75 Å². The van der Waals surface area contributed by atoms with Crippen LogP contribution in [0.2, 0.25) is 0 Å². The Hall–Kier alpha value is -1.29. The molecule has 116 valence electrons. The Morgan fingerprint density at radius 1 is 1.24 bits per heavy atom. The Morgan fingerprint density at radius 2 is 1.95 bits per heavy atom. The van der Waals surface area contributed by atoms with E-state index in [1.807, 2.05) is 31.2 Å². The fourth-order valence-electron chi connectivity index (χ4n) is 2.92. The van der Waals surface area contributed by atoms with Gasteiger partial charge in [-0.1, -0.05) is 26.7 Å². The van der Waals surface area contributed by atoms with Crippen LogP contribution >= 0.6 is 12.2 Å². The quantitative estimate of drug-likeness (QED) is 0.817. The second-order valence-electron chi connectivity index (χ2n) is 5.93. The molecule has 1 fully saturated rings. The number of ether oxygens (including phenoxy) is 1. The minimum atomic E-state index is 0.483. The van der Waals surface area contributed by atoms with Crippen LogP contribution in [0.1, 0.15) is 40.0 Å². The van der Waals surface area contributed by atoms with E-state index in [9.17, 15) is 0 Å². The van der Waals surface area contributed by atoms with Crippen molar-refractivity contribution in [2.75, 3.05) is 11.9 Å². The maximum Gasteiger partial charge on any atom is 0.171 e. The lowest BCUT2D eigenvalue weighted by Crippen LogP contribution is -2.45. The van der Waals surface area contributed by atoms with E-state index in [2.05, 4.69) is 24.5 Å². The Morgan fingerprint density at radius 3 is 2.62 bits per heavy atom. The molecule has 0 unspecified atom stereocenters. The molecule has 3 atom stereocenters. The van der Waals surface area contributed by atoms with Crippen LogP contribution in [0.25, 0.3) is 0 Å². The summed E-state index contributed by atoms with van der Waals surface area (Å²) in [6, 6.07) is 8.38. The zero-order valence-electron chi connectivity index (χ0n) is 13.2. The highest BCUT2D eigenvalue weighted by Gasteiger charge is 2.27. The van der Waals surface area contributed by atoms with E-state index in [1.54, 1.807) is 0 Å². The molecule has 21 heavy (non-hydrogen) atoms. The number of anilines is 1. The molecule has 0 spiro atoms. The fourth-order valence-corrected chi connectivity index (χ4v) is 3.19. The van der Waals surface area contributed by atoms with Crippen LogP contribution in [0, 0.1) is 11.8 Å². The van der Waals surface area contributed by atoms with E-state index in [1.165, 1.54) is 19.3 Å². The Kier molecular flexibility index (Phi) is 5.85. The standard InChI is InChI=1S/C17H26N2OS/c1-4-20-15-10-8-14(9-11-15)18-17(21)19-16-7-5-6-12(2)13(16)3/h8-13,16H,4-7H2,1-3H3,(H2,18,19,21)/t12-,13-,16+/m0/s1. The molecule has 3 nitrogen and oxygen atoms in total. The first-order valence-electron chi connectivity index (χ1n) is 7.90. The molecule has 0 heterocycles. The van der Waals surface area contributed by atoms with Crippen LogP contribution in [0.4, 0.5) is 5.69 Å². The van der Waals surface area contributed by atoms with Gasteiger partial charge in [-0.3, -0.25) is 0 Å². The molecule has 0 aromatic heterocycles. The lowest BCUT2D eigenvalue weighted by molar-refractivity contribution is 0.225. The van der Waals surface area contributed by atoms with E-state index < -0.39 is 0 Å². The summed E-state index contributed by atoms with van der Waals surface area (Å²) in [7, 11) is 0. The van der Waals surface area contributed by atoms with E-state index in [-0.39, 0.29) is 0 Å². The highest BCUT2D eigenvalue weighted by molar-refractivity contribution is 7.80. The fraction of sp³-hybridized carbons (Fsp3) is 0.588. The van der Waals surface area contributed by atoms with Gasteiger partial charge < -0.3 is 15.4 Å². The summed E-state index contributed by atoms with van der Waals surface area (Å²) >= 11 is 5.44. The number of thiocarbonyl (C=S) groups is 1. The molecule has 1 aliphatic rings. The van der Waals surface area contributed by atoms with Crippen molar-refractivity contribution in [3.63, 3.8) is 0 Å². The molecular weight excluding hydrogens is 280 g/mol. The second kappa shape index (κ2) is 7.64. The normalized spacial score (nSPS) is 25.2. The first-order chi connectivity index (χ1) is 10.1. The predicted octanol–water partition coefficient (Wildman–Crippen LogP) is 4.20. The lowest BCUT2D eigenvalue weighted by atomic mass is 9.78. The third kappa shape index (κ3) is 4.60. The van der Waals surface area contributed by atoms with E-state index in [4.69, 9.17) is 17.0 Å². The molecule has 0 saturated heterocycles. The average molecular weight is 306 g/mol. The maximum absolute atomic E-state index is 5.44. The molecule has 0 amide bonds.